The van der Waals surface area contributed by atoms with Gasteiger partial charge >= 0.3 is 0 Å². The van der Waals surface area contributed by atoms with Crippen LogP contribution in [0.4, 0.5) is 15.8 Å². The fourth-order valence-corrected chi connectivity index (χ4v) is 4.11. The van der Waals surface area contributed by atoms with E-state index in [1.54, 1.807) is 26.0 Å². The van der Waals surface area contributed by atoms with Gasteiger partial charge in [0.1, 0.15) is 12.4 Å². The van der Waals surface area contributed by atoms with Crippen LogP contribution in [-0.4, -0.2) is 34.6 Å². The number of rotatable bonds is 6. The standard InChI is InChI=1S/C21H23FN2O5S/c1-5-10-24-17-11-14(6-8-19(17)29-13-21(2,3)20(24)25)23-30(26,27)15-7-9-18(28-4)16(22)12-15/h5-9,11-12,23H,1,10,13H2,2-4H3. The van der Waals surface area contributed by atoms with Gasteiger partial charge in [0.05, 0.1) is 28.8 Å². The van der Waals surface area contributed by atoms with Gasteiger partial charge in [-0.15, -0.1) is 6.58 Å². The Bertz CT molecular complexity index is 1100. The molecule has 7 nitrogen and oxygen atoms in total. The summed E-state index contributed by atoms with van der Waals surface area (Å²) < 4.78 is 52.4. The maximum Gasteiger partial charge on any atom is 0.262 e. The van der Waals surface area contributed by atoms with E-state index >= 15 is 0 Å². The summed E-state index contributed by atoms with van der Waals surface area (Å²) in [6, 6.07) is 7.98. The fraction of sp³-hybridized carbons (Fsp3) is 0.286. The highest BCUT2D eigenvalue weighted by Crippen LogP contribution is 2.38. The van der Waals surface area contributed by atoms with Crippen molar-refractivity contribution >= 4 is 27.3 Å². The second-order valence-electron chi connectivity index (χ2n) is 7.46. The topological polar surface area (TPSA) is 84.9 Å². The molecule has 0 unspecified atom stereocenters. The van der Waals surface area contributed by atoms with Crippen LogP contribution >= 0.6 is 0 Å². The monoisotopic (exact) mass is 434 g/mol. The third-order valence-corrected chi connectivity index (χ3v) is 6.04. The summed E-state index contributed by atoms with van der Waals surface area (Å²) in [4.78, 5) is 14.2. The molecule has 1 N–H and O–H groups in total. The number of carbonyl (C=O) groups is 1. The molecule has 0 atom stereocenters. The molecule has 9 heteroatoms. The number of sulfonamides is 1. The Morgan fingerprint density at radius 2 is 2.03 bits per heavy atom. The van der Waals surface area contributed by atoms with E-state index < -0.39 is 21.3 Å². The molecule has 3 rings (SSSR count). The van der Waals surface area contributed by atoms with Gasteiger partial charge in [-0.2, -0.15) is 0 Å². The minimum Gasteiger partial charge on any atom is -0.494 e. The lowest BCUT2D eigenvalue weighted by atomic mass is 9.93. The summed E-state index contributed by atoms with van der Waals surface area (Å²) in [5.41, 5.74) is -0.135. The van der Waals surface area contributed by atoms with Crippen LogP contribution in [0.1, 0.15) is 13.8 Å². The lowest BCUT2D eigenvalue weighted by Gasteiger charge is -2.27. The van der Waals surface area contributed by atoms with Gasteiger partial charge in [0.2, 0.25) is 5.91 Å². The van der Waals surface area contributed by atoms with E-state index in [0.717, 1.165) is 6.07 Å². The van der Waals surface area contributed by atoms with Crippen molar-refractivity contribution in [2.75, 3.05) is 29.9 Å². The molecule has 0 saturated heterocycles. The third kappa shape index (κ3) is 4.11. The van der Waals surface area contributed by atoms with E-state index in [1.165, 1.54) is 36.3 Å². The number of nitrogens with one attached hydrogen (secondary N) is 1. The predicted octanol–water partition coefficient (Wildman–Crippen LogP) is 3.57. The smallest absolute Gasteiger partial charge is 0.262 e. The molecule has 30 heavy (non-hydrogen) atoms. The summed E-state index contributed by atoms with van der Waals surface area (Å²) in [6.07, 6.45) is 1.58. The van der Waals surface area contributed by atoms with Crippen molar-refractivity contribution in [2.45, 2.75) is 18.7 Å². The molecule has 0 saturated carbocycles. The lowest BCUT2D eigenvalue weighted by Crippen LogP contribution is -2.42. The van der Waals surface area contributed by atoms with Gasteiger partial charge in [-0.05, 0) is 50.2 Å². The van der Waals surface area contributed by atoms with Crippen LogP contribution in [0.25, 0.3) is 0 Å². The van der Waals surface area contributed by atoms with Crippen molar-refractivity contribution < 1.29 is 27.1 Å². The van der Waals surface area contributed by atoms with Gasteiger partial charge < -0.3 is 14.4 Å². The highest BCUT2D eigenvalue weighted by molar-refractivity contribution is 7.92. The van der Waals surface area contributed by atoms with E-state index in [4.69, 9.17) is 9.47 Å². The summed E-state index contributed by atoms with van der Waals surface area (Å²) in [5, 5.41) is 0. The van der Waals surface area contributed by atoms with Crippen molar-refractivity contribution in [1.82, 2.24) is 0 Å². The Morgan fingerprint density at radius 1 is 1.30 bits per heavy atom. The number of nitrogens with zero attached hydrogens (tertiary/aromatic N) is 1. The molecule has 2 aromatic carbocycles. The SMILES string of the molecule is C=CCN1C(=O)C(C)(C)COc2ccc(NS(=O)(=O)c3ccc(OC)c(F)c3)cc21. The van der Waals surface area contributed by atoms with E-state index in [1.807, 2.05) is 0 Å². The molecule has 160 valence electrons. The zero-order valence-electron chi connectivity index (χ0n) is 16.9. The molecule has 1 heterocycles. The van der Waals surface area contributed by atoms with Crippen molar-refractivity contribution in [2.24, 2.45) is 5.41 Å². The number of ether oxygens (including phenoxy) is 2. The molecular weight excluding hydrogens is 411 g/mol. The van der Waals surface area contributed by atoms with E-state index in [2.05, 4.69) is 11.3 Å². The molecule has 0 bridgehead atoms. The largest absolute Gasteiger partial charge is 0.494 e. The minimum atomic E-state index is -4.07. The Hall–Kier alpha value is -3.07. The third-order valence-electron chi connectivity index (χ3n) is 4.66. The Morgan fingerprint density at radius 3 is 2.67 bits per heavy atom. The molecule has 2 aromatic rings. The number of amides is 1. The number of hydrogen-bond acceptors (Lipinski definition) is 5. The second-order valence-corrected chi connectivity index (χ2v) is 9.14. The van der Waals surface area contributed by atoms with Crippen LogP contribution < -0.4 is 19.1 Å². The number of fused-ring (bicyclic) bond motifs is 1. The number of hydrogen-bond donors (Lipinski definition) is 1. The molecule has 1 amide bonds. The minimum absolute atomic E-state index is 0.0580. The van der Waals surface area contributed by atoms with Gasteiger partial charge in [0, 0.05) is 6.54 Å². The van der Waals surface area contributed by atoms with Crippen LogP contribution in [0.2, 0.25) is 0 Å². The van der Waals surface area contributed by atoms with Gasteiger partial charge in [0.25, 0.3) is 10.0 Å². The highest BCUT2D eigenvalue weighted by Gasteiger charge is 2.37. The zero-order valence-corrected chi connectivity index (χ0v) is 17.8. The number of benzene rings is 2. The molecule has 0 fully saturated rings. The first kappa shape index (κ1) is 21.6. The fourth-order valence-electron chi connectivity index (χ4n) is 3.05. The first-order valence-corrected chi connectivity index (χ1v) is 10.6. The van der Waals surface area contributed by atoms with Crippen molar-refractivity contribution in [3.8, 4) is 11.5 Å². The van der Waals surface area contributed by atoms with Gasteiger partial charge in [-0.25, -0.2) is 12.8 Å². The molecular formula is C21H23FN2O5S. The quantitative estimate of drug-likeness (QED) is 0.703. The average molecular weight is 434 g/mol. The molecule has 0 aromatic heterocycles. The number of halogens is 1. The summed E-state index contributed by atoms with van der Waals surface area (Å²) >= 11 is 0. The van der Waals surface area contributed by atoms with Gasteiger partial charge in [-0.1, -0.05) is 6.08 Å². The van der Waals surface area contributed by atoms with E-state index in [9.17, 15) is 17.6 Å². The molecule has 0 radical (unpaired) electrons. The Balaban J connectivity index is 1.98. The predicted molar refractivity (Wildman–Crippen MR) is 112 cm³/mol. The van der Waals surface area contributed by atoms with Crippen LogP contribution in [0.15, 0.2) is 53.9 Å². The Labute approximate surface area is 175 Å². The number of methoxy groups -OCH3 is 1. The second kappa shape index (κ2) is 7.98. The lowest BCUT2D eigenvalue weighted by molar-refractivity contribution is -0.127. The van der Waals surface area contributed by atoms with Gasteiger partial charge in [-0.3, -0.25) is 9.52 Å². The van der Waals surface area contributed by atoms with Crippen molar-refractivity contribution in [3.05, 3.63) is 54.9 Å². The van der Waals surface area contributed by atoms with Crippen LogP contribution in [0, 0.1) is 11.2 Å². The number of anilines is 2. The first-order chi connectivity index (χ1) is 14.1. The van der Waals surface area contributed by atoms with Crippen LogP contribution in [0.5, 0.6) is 11.5 Å². The van der Waals surface area contributed by atoms with E-state index in [0.29, 0.717) is 11.4 Å². The highest BCUT2D eigenvalue weighted by atomic mass is 32.2. The normalized spacial score (nSPS) is 15.6. The van der Waals surface area contributed by atoms with Crippen molar-refractivity contribution in [1.29, 1.82) is 0 Å². The maximum atomic E-state index is 14.0. The maximum absolute atomic E-state index is 14.0. The molecule has 0 aliphatic carbocycles. The van der Waals surface area contributed by atoms with E-state index in [-0.39, 0.29) is 35.4 Å². The van der Waals surface area contributed by atoms with Crippen molar-refractivity contribution in [3.63, 3.8) is 0 Å². The zero-order chi connectivity index (χ0) is 22.1. The van der Waals surface area contributed by atoms with Gasteiger partial charge in [0.15, 0.2) is 11.6 Å². The average Bonchev–Trinajstić information content (AvgIpc) is 2.78. The first-order valence-electron chi connectivity index (χ1n) is 9.15. The molecule has 1 aliphatic rings. The summed E-state index contributed by atoms with van der Waals surface area (Å²) in [5.74, 6) is -0.564. The summed E-state index contributed by atoms with van der Waals surface area (Å²) in [7, 11) is -2.78. The number of carbonyl (C=O) groups excluding carboxylic acids is 1. The molecule has 0 spiro atoms. The summed E-state index contributed by atoms with van der Waals surface area (Å²) in [6.45, 7) is 7.66. The van der Waals surface area contributed by atoms with Crippen LogP contribution in [-0.2, 0) is 14.8 Å². The molecule has 1 aliphatic heterocycles. The Kier molecular flexibility index (Phi) is 5.76. The van der Waals surface area contributed by atoms with Crippen LogP contribution in [0.3, 0.4) is 0 Å².